The highest BCUT2D eigenvalue weighted by Crippen LogP contribution is 2.29. The van der Waals surface area contributed by atoms with Crippen LogP contribution in [0.5, 0.6) is 5.75 Å². The molecule has 3 heterocycles. The molecule has 0 unspecified atom stereocenters. The summed E-state index contributed by atoms with van der Waals surface area (Å²) in [7, 11) is 1.65. The second-order valence-corrected chi connectivity index (χ2v) is 6.13. The number of aromatic nitrogens is 3. The molecule has 0 radical (unpaired) electrons. The third kappa shape index (κ3) is 4.73. The maximum absolute atomic E-state index is 5.49. The van der Waals surface area contributed by atoms with Crippen LogP contribution in [0.3, 0.4) is 0 Å². The normalized spacial score (nSPS) is 12.8. The van der Waals surface area contributed by atoms with E-state index in [4.69, 9.17) is 9.26 Å². The molecule has 0 fully saturated rings. The van der Waals surface area contributed by atoms with Gasteiger partial charge in [-0.1, -0.05) is 17.3 Å². The van der Waals surface area contributed by atoms with Crippen LogP contribution in [0.25, 0.3) is 11.3 Å². The zero-order valence-electron chi connectivity index (χ0n) is 15.5. The number of methoxy groups -OCH3 is 1. The molecule has 2 N–H and O–H groups in total. The number of fused-ring (bicyclic) bond motifs is 1. The monoisotopic (exact) mass is 423 g/mol. The van der Waals surface area contributed by atoms with E-state index < -0.39 is 0 Å². The van der Waals surface area contributed by atoms with Crippen molar-refractivity contribution in [2.24, 2.45) is 0 Å². The van der Waals surface area contributed by atoms with E-state index in [1.54, 1.807) is 13.4 Å². The van der Waals surface area contributed by atoms with Crippen molar-refractivity contribution in [1.82, 2.24) is 20.4 Å². The highest BCUT2D eigenvalue weighted by atomic mass is 35.5. The summed E-state index contributed by atoms with van der Waals surface area (Å²) in [5, 5.41) is 10.9. The third-order valence-corrected chi connectivity index (χ3v) is 4.50. The molecule has 0 bridgehead atoms. The zero-order valence-corrected chi connectivity index (χ0v) is 17.1. The Morgan fingerprint density at radius 3 is 2.82 bits per heavy atom. The van der Waals surface area contributed by atoms with Crippen molar-refractivity contribution in [2.75, 3.05) is 25.5 Å². The Labute approximate surface area is 176 Å². The minimum absolute atomic E-state index is 0. The van der Waals surface area contributed by atoms with E-state index in [2.05, 4.69) is 25.8 Å². The lowest BCUT2D eigenvalue weighted by molar-refractivity contribution is 0.388. The highest BCUT2D eigenvalue weighted by molar-refractivity contribution is 5.85. The van der Waals surface area contributed by atoms with Crippen LogP contribution in [-0.4, -0.2) is 35.3 Å². The van der Waals surface area contributed by atoms with Crippen molar-refractivity contribution in [3.8, 4) is 17.0 Å². The number of ether oxygens (including phenoxy) is 1. The number of para-hydroxylation sites is 1. The standard InChI is InChI=1S/C19H21N5O2.2ClH/c1-25-18-5-3-2-4-14(18)17-10-13(26-24-17)11-21-19-15-6-8-20-9-7-16(15)22-12-23-19;;/h2-5,10,12,20H,6-9,11H2,1H3,(H,21,22,23);2*1H. The van der Waals surface area contributed by atoms with Crippen LogP contribution in [0, 0.1) is 0 Å². The molecule has 28 heavy (non-hydrogen) atoms. The number of nitrogens with zero attached hydrogens (tertiary/aromatic N) is 3. The van der Waals surface area contributed by atoms with Crippen molar-refractivity contribution >= 4 is 30.6 Å². The average molecular weight is 424 g/mol. The van der Waals surface area contributed by atoms with Gasteiger partial charge in [-0.25, -0.2) is 9.97 Å². The summed E-state index contributed by atoms with van der Waals surface area (Å²) < 4.78 is 10.9. The summed E-state index contributed by atoms with van der Waals surface area (Å²) in [6, 6.07) is 9.68. The van der Waals surface area contributed by atoms with E-state index in [0.717, 1.165) is 60.2 Å². The second kappa shape index (κ2) is 10.3. The first-order valence-corrected chi connectivity index (χ1v) is 8.71. The molecule has 3 aromatic rings. The molecule has 0 amide bonds. The van der Waals surface area contributed by atoms with Crippen LogP contribution in [0.4, 0.5) is 5.82 Å². The molecule has 150 valence electrons. The van der Waals surface area contributed by atoms with Crippen LogP contribution >= 0.6 is 24.8 Å². The van der Waals surface area contributed by atoms with E-state index in [1.807, 2.05) is 30.3 Å². The summed E-state index contributed by atoms with van der Waals surface area (Å²) >= 11 is 0. The van der Waals surface area contributed by atoms with Gasteiger partial charge in [-0.15, -0.1) is 24.8 Å². The number of anilines is 1. The Morgan fingerprint density at radius 2 is 1.96 bits per heavy atom. The summed E-state index contributed by atoms with van der Waals surface area (Å²) in [5.74, 6) is 2.38. The molecule has 1 aromatic carbocycles. The molecule has 9 heteroatoms. The first-order chi connectivity index (χ1) is 12.8. The van der Waals surface area contributed by atoms with Crippen LogP contribution < -0.4 is 15.4 Å². The molecule has 0 saturated heterocycles. The van der Waals surface area contributed by atoms with Crippen molar-refractivity contribution in [1.29, 1.82) is 0 Å². The number of halogens is 2. The van der Waals surface area contributed by atoms with Gasteiger partial charge in [0.2, 0.25) is 0 Å². The Hall–Kier alpha value is -2.35. The number of hydrogen-bond donors (Lipinski definition) is 2. The molecule has 0 atom stereocenters. The molecule has 1 aliphatic rings. The number of hydrogen-bond acceptors (Lipinski definition) is 7. The van der Waals surface area contributed by atoms with Crippen molar-refractivity contribution < 1.29 is 9.26 Å². The Kier molecular flexibility index (Phi) is 8.04. The minimum Gasteiger partial charge on any atom is -0.496 e. The lowest BCUT2D eigenvalue weighted by Crippen LogP contribution is -2.16. The quantitative estimate of drug-likeness (QED) is 0.650. The Morgan fingerprint density at radius 1 is 1.14 bits per heavy atom. The predicted molar refractivity (Wildman–Crippen MR) is 113 cm³/mol. The second-order valence-electron chi connectivity index (χ2n) is 6.13. The molecule has 4 rings (SSSR count). The fourth-order valence-electron chi connectivity index (χ4n) is 3.17. The van der Waals surface area contributed by atoms with E-state index in [1.165, 1.54) is 5.56 Å². The SMILES string of the molecule is COc1ccccc1-c1cc(CNc2ncnc3c2CCNCC3)on1.Cl.Cl. The molecule has 0 aliphatic carbocycles. The summed E-state index contributed by atoms with van der Waals surface area (Å²) in [6.07, 6.45) is 3.46. The molecule has 7 nitrogen and oxygen atoms in total. The smallest absolute Gasteiger partial charge is 0.156 e. The third-order valence-electron chi connectivity index (χ3n) is 4.50. The average Bonchev–Trinajstić information content (AvgIpc) is 3.02. The zero-order chi connectivity index (χ0) is 17.8. The van der Waals surface area contributed by atoms with E-state index in [9.17, 15) is 0 Å². The van der Waals surface area contributed by atoms with Gasteiger partial charge in [-0.3, -0.25) is 0 Å². The van der Waals surface area contributed by atoms with Gasteiger partial charge in [0.25, 0.3) is 0 Å². The fourth-order valence-corrected chi connectivity index (χ4v) is 3.17. The number of nitrogens with one attached hydrogen (secondary N) is 2. The molecule has 1 aliphatic heterocycles. The van der Waals surface area contributed by atoms with Gasteiger partial charge < -0.3 is 19.9 Å². The van der Waals surface area contributed by atoms with Gasteiger partial charge in [0.15, 0.2) is 5.76 Å². The van der Waals surface area contributed by atoms with E-state index >= 15 is 0 Å². The van der Waals surface area contributed by atoms with Crippen molar-refractivity contribution in [3.63, 3.8) is 0 Å². The molecule has 2 aromatic heterocycles. The van der Waals surface area contributed by atoms with Crippen LogP contribution in [0.2, 0.25) is 0 Å². The highest BCUT2D eigenvalue weighted by Gasteiger charge is 2.15. The maximum atomic E-state index is 5.49. The van der Waals surface area contributed by atoms with Crippen molar-refractivity contribution in [2.45, 2.75) is 19.4 Å². The topological polar surface area (TPSA) is 85.1 Å². The maximum Gasteiger partial charge on any atom is 0.156 e. The van der Waals surface area contributed by atoms with Gasteiger partial charge in [0.1, 0.15) is 23.6 Å². The van der Waals surface area contributed by atoms with Crippen LogP contribution in [-0.2, 0) is 19.4 Å². The van der Waals surface area contributed by atoms with Gasteiger partial charge in [0, 0.05) is 30.2 Å². The largest absolute Gasteiger partial charge is 0.496 e. The summed E-state index contributed by atoms with van der Waals surface area (Å²) in [4.78, 5) is 8.83. The molecular weight excluding hydrogens is 401 g/mol. The van der Waals surface area contributed by atoms with Crippen LogP contribution in [0.15, 0.2) is 41.2 Å². The molecule has 0 spiro atoms. The van der Waals surface area contributed by atoms with Gasteiger partial charge in [-0.05, 0) is 25.1 Å². The van der Waals surface area contributed by atoms with Crippen LogP contribution in [0.1, 0.15) is 17.0 Å². The molecular formula is C19H23Cl2N5O2. The number of rotatable bonds is 5. The summed E-state index contributed by atoms with van der Waals surface area (Å²) in [5.41, 5.74) is 3.96. The predicted octanol–water partition coefficient (Wildman–Crippen LogP) is 3.28. The van der Waals surface area contributed by atoms with Crippen molar-refractivity contribution in [3.05, 3.63) is 53.7 Å². The number of benzene rings is 1. The summed E-state index contributed by atoms with van der Waals surface area (Å²) in [6.45, 7) is 2.40. The lowest BCUT2D eigenvalue weighted by Gasteiger charge is -2.10. The lowest BCUT2D eigenvalue weighted by atomic mass is 10.1. The Bertz CT molecular complexity index is 904. The first-order valence-electron chi connectivity index (χ1n) is 8.71. The van der Waals surface area contributed by atoms with E-state index in [0.29, 0.717) is 6.54 Å². The van der Waals surface area contributed by atoms with Gasteiger partial charge in [0.05, 0.1) is 19.3 Å². The van der Waals surface area contributed by atoms with E-state index in [-0.39, 0.29) is 24.8 Å². The van der Waals surface area contributed by atoms with Gasteiger partial charge in [-0.2, -0.15) is 0 Å². The Balaban J connectivity index is 0.00000140. The first kappa shape index (κ1) is 21.9. The minimum atomic E-state index is 0. The molecule has 0 saturated carbocycles. The van der Waals surface area contributed by atoms with Gasteiger partial charge >= 0.3 is 0 Å². The fraction of sp³-hybridized carbons (Fsp3) is 0.316.